The van der Waals surface area contributed by atoms with E-state index in [-0.39, 0.29) is 12.6 Å². The summed E-state index contributed by atoms with van der Waals surface area (Å²) in [6, 6.07) is 3.12. The van der Waals surface area contributed by atoms with Gasteiger partial charge in [-0.2, -0.15) is 4.31 Å². The smallest absolute Gasteiger partial charge is 0.211 e. The Morgan fingerprint density at radius 1 is 1.32 bits per heavy atom. The minimum atomic E-state index is -3.24. The van der Waals surface area contributed by atoms with Crippen molar-refractivity contribution in [3.63, 3.8) is 0 Å². The minimum Gasteiger partial charge on any atom is -0.387 e. The van der Waals surface area contributed by atoms with Crippen molar-refractivity contribution in [2.75, 3.05) is 32.4 Å². The zero-order chi connectivity index (χ0) is 16.5. The third-order valence-electron chi connectivity index (χ3n) is 3.84. The van der Waals surface area contributed by atoms with Crippen LogP contribution in [0.3, 0.4) is 0 Å². The summed E-state index contributed by atoms with van der Waals surface area (Å²) in [5, 5.41) is 10.1. The summed E-state index contributed by atoms with van der Waals surface area (Å²) in [6.45, 7) is 3.36. The second-order valence-corrected chi connectivity index (χ2v) is 7.61. The van der Waals surface area contributed by atoms with Crippen molar-refractivity contribution in [3.8, 4) is 0 Å². The van der Waals surface area contributed by atoms with Crippen LogP contribution in [0.1, 0.15) is 18.6 Å². The van der Waals surface area contributed by atoms with Gasteiger partial charge in [0.1, 0.15) is 0 Å². The van der Waals surface area contributed by atoms with Crippen LogP contribution >= 0.6 is 0 Å². The number of aliphatic hydroxyl groups excluding tert-OH is 1. The summed E-state index contributed by atoms with van der Waals surface area (Å²) in [5.41, 5.74) is 0.303. The number of nitrogens with zero attached hydrogens (tertiary/aromatic N) is 2. The number of aliphatic hydroxyl groups is 1. The fraction of sp³-hybridized carbons (Fsp3) is 0.571. The fourth-order valence-electron chi connectivity index (χ4n) is 2.74. The molecule has 0 amide bonds. The van der Waals surface area contributed by atoms with Gasteiger partial charge in [-0.05, 0) is 24.6 Å². The van der Waals surface area contributed by atoms with Gasteiger partial charge in [-0.1, -0.05) is 6.07 Å². The lowest BCUT2D eigenvalue weighted by Gasteiger charge is -2.39. The SMILES string of the molecule is C[C@H]1CN(CC(O)c2ccc(F)c(F)c2)CCN1S(C)(=O)=O. The van der Waals surface area contributed by atoms with Gasteiger partial charge in [0.15, 0.2) is 11.6 Å². The third-order valence-corrected chi connectivity index (χ3v) is 5.23. The molecule has 5 nitrogen and oxygen atoms in total. The lowest BCUT2D eigenvalue weighted by molar-refractivity contribution is 0.0750. The van der Waals surface area contributed by atoms with Crippen molar-refractivity contribution in [3.05, 3.63) is 35.4 Å². The molecule has 2 atom stereocenters. The van der Waals surface area contributed by atoms with Crippen molar-refractivity contribution >= 4 is 10.0 Å². The summed E-state index contributed by atoms with van der Waals surface area (Å²) >= 11 is 0. The van der Waals surface area contributed by atoms with Crippen LogP contribution in [-0.2, 0) is 10.0 Å². The van der Waals surface area contributed by atoms with Crippen LogP contribution in [0, 0.1) is 11.6 Å². The maximum absolute atomic E-state index is 13.2. The number of sulfonamides is 1. The molecule has 124 valence electrons. The largest absolute Gasteiger partial charge is 0.387 e. The molecule has 0 aliphatic carbocycles. The number of β-amino-alcohol motifs (C(OH)–C–C–N with tert-alkyl or cyclic N) is 1. The van der Waals surface area contributed by atoms with Gasteiger partial charge in [0.25, 0.3) is 0 Å². The highest BCUT2D eigenvalue weighted by Gasteiger charge is 2.30. The number of hydrogen-bond acceptors (Lipinski definition) is 4. The topological polar surface area (TPSA) is 60.9 Å². The molecule has 1 N–H and O–H groups in total. The zero-order valence-electron chi connectivity index (χ0n) is 12.5. The maximum atomic E-state index is 13.2. The average molecular weight is 334 g/mol. The second-order valence-electron chi connectivity index (χ2n) is 5.67. The highest BCUT2D eigenvalue weighted by atomic mass is 32.2. The Labute approximate surface area is 129 Å². The zero-order valence-corrected chi connectivity index (χ0v) is 13.4. The molecule has 1 saturated heterocycles. The van der Waals surface area contributed by atoms with Crippen LogP contribution in [0.25, 0.3) is 0 Å². The van der Waals surface area contributed by atoms with Gasteiger partial charge >= 0.3 is 0 Å². The molecule has 8 heteroatoms. The second kappa shape index (κ2) is 6.57. The molecule has 1 aliphatic rings. The molecule has 2 rings (SSSR count). The van der Waals surface area contributed by atoms with Gasteiger partial charge in [-0.25, -0.2) is 17.2 Å². The number of halogens is 2. The first-order chi connectivity index (χ1) is 10.2. The number of hydrogen-bond donors (Lipinski definition) is 1. The van der Waals surface area contributed by atoms with E-state index >= 15 is 0 Å². The molecule has 1 aromatic carbocycles. The first-order valence-electron chi connectivity index (χ1n) is 7.00. The van der Waals surface area contributed by atoms with Gasteiger partial charge < -0.3 is 5.11 Å². The molecule has 0 spiro atoms. The van der Waals surface area contributed by atoms with Gasteiger partial charge in [0, 0.05) is 32.2 Å². The molecular formula is C14H20F2N2O3S. The first-order valence-corrected chi connectivity index (χ1v) is 8.85. The standard InChI is InChI=1S/C14H20F2N2O3S/c1-10-8-17(5-6-18(10)22(2,20)21)9-14(19)11-3-4-12(15)13(16)7-11/h3-4,7,10,14,19H,5-6,8-9H2,1-2H3/t10-,14?/m0/s1. The van der Waals surface area contributed by atoms with E-state index in [1.807, 2.05) is 4.90 Å². The van der Waals surface area contributed by atoms with E-state index in [9.17, 15) is 22.3 Å². The Bertz CT molecular complexity index is 639. The molecule has 1 aromatic rings. The summed E-state index contributed by atoms with van der Waals surface area (Å²) < 4.78 is 50.7. The quantitative estimate of drug-likeness (QED) is 0.891. The minimum absolute atomic E-state index is 0.194. The molecular weight excluding hydrogens is 314 g/mol. The van der Waals surface area contributed by atoms with E-state index in [0.29, 0.717) is 25.2 Å². The molecule has 1 heterocycles. The van der Waals surface area contributed by atoms with E-state index < -0.39 is 27.8 Å². The maximum Gasteiger partial charge on any atom is 0.211 e. The molecule has 1 unspecified atom stereocenters. The summed E-state index contributed by atoms with van der Waals surface area (Å²) in [7, 11) is -3.24. The number of rotatable bonds is 4. The first kappa shape index (κ1) is 17.3. The van der Waals surface area contributed by atoms with Crippen molar-refractivity contribution in [2.45, 2.75) is 19.1 Å². The predicted octanol–water partition coefficient (Wildman–Crippen LogP) is 0.964. The summed E-state index contributed by atoms with van der Waals surface area (Å²) in [5.74, 6) is -1.95. The molecule has 0 saturated carbocycles. The Morgan fingerprint density at radius 2 is 2.00 bits per heavy atom. The van der Waals surface area contributed by atoms with Crippen LogP contribution in [0.4, 0.5) is 8.78 Å². The van der Waals surface area contributed by atoms with Gasteiger partial charge in [-0.15, -0.1) is 0 Å². The molecule has 1 fully saturated rings. The number of piperazine rings is 1. The Kier molecular flexibility index (Phi) is 5.16. The Balaban J connectivity index is 1.99. The lowest BCUT2D eigenvalue weighted by Crippen LogP contribution is -2.54. The van der Waals surface area contributed by atoms with Crippen molar-refractivity contribution in [1.29, 1.82) is 0 Å². The fourth-order valence-corrected chi connectivity index (χ4v) is 3.88. The molecule has 1 aliphatic heterocycles. The molecule has 0 aromatic heterocycles. The van der Waals surface area contributed by atoms with Crippen LogP contribution in [0.2, 0.25) is 0 Å². The van der Waals surface area contributed by atoms with Gasteiger partial charge in [0.05, 0.1) is 12.4 Å². The Morgan fingerprint density at radius 3 is 2.55 bits per heavy atom. The monoisotopic (exact) mass is 334 g/mol. The Hall–Kier alpha value is -1.09. The predicted molar refractivity (Wildman–Crippen MR) is 78.8 cm³/mol. The van der Waals surface area contributed by atoms with E-state index in [4.69, 9.17) is 0 Å². The molecule has 0 bridgehead atoms. The van der Waals surface area contributed by atoms with Gasteiger partial charge in [-0.3, -0.25) is 4.90 Å². The van der Waals surface area contributed by atoms with Crippen LogP contribution in [0.5, 0.6) is 0 Å². The van der Waals surface area contributed by atoms with E-state index in [0.717, 1.165) is 12.1 Å². The third kappa shape index (κ3) is 4.01. The summed E-state index contributed by atoms with van der Waals surface area (Å²) in [4.78, 5) is 1.91. The normalized spacial score (nSPS) is 22.7. The van der Waals surface area contributed by atoms with Gasteiger partial charge in [0.2, 0.25) is 10.0 Å². The average Bonchev–Trinajstić information content (AvgIpc) is 2.40. The van der Waals surface area contributed by atoms with Crippen LogP contribution < -0.4 is 0 Å². The highest BCUT2D eigenvalue weighted by Crippen LogP contribution is 2.20. The summed E-state index contributed by atoms with van der Waals surface area (Å²) in [6.07, 6.45) is 0.224. The van der Waals surface area contributed by atoms with Crippen molar-refractivity contribution in [2.24, 2.45) is 0 Å². The van der Waals surface area contributed by atoms with Crippen LogP contribution in [0.15, 0.2) is 18.2 Å². The number of benzene rings is 1. The van der Waals surface area contributed by atoms with Crippen molar-refractivity contribution in [1.82, 2.24) is 9.21 Å². The lowest BCUT2D eigenvalue weighted by atomic mass is 10.1. The van der Waals surface area contributed by atoms with Crippen molar-refractivity contribution < 1.29 is 22.3 Å². The van der Waals surface area contributed by atoms with E-state index in [1.165, 1.54) is 16.6 Å². The molecule has 22 heavy (non-hydrogen) atoms. The highest BCUT2D eigenvalue weighted by molar-refractivity contribution is 7.88. The molecule has 0 radical (unpaired) electrons. The van der Waals surface area contributed by atoms with E-state index in [1.54, 1.807) is 6.92 Å². The van der Waals surface area contributed by atoms with Crippen LogP contribution in [-0.4, -0.2) is 61.2 Å². The van der Waals surface area contributed by atoms with E-state index in [2.05, 4.69) is 0 Å².